The zero-order valence-electron chi connectivity index (χ0n) is 12.6. The number of ether oxygens (including phenoxy) is 1. The lowest BCUT2D eigenvalue weighted by Crippen LogP contribution is -2.50. The average Bonchev–Trinajstić information content (AvgIpc) is 2.92. The maximum Gasteiger partial charge on any atom is 0.309 e. The third kappa shape index (κ3) is 1.89. The van der Waals surface area contributed by atoms with Crippen LogP contribution in [0.25, 0.3) is 0 Å². The number of carbonyl (C=O) groups excluding carboxylic acids is 1. The van der Waals surface area contributed by atoms with Crippen LogP contribution in [-0.4, -0.2) is 44.2 Å². The lowest BCUT2D eigenvalue weighted by Gasteiger charge is -2.46. The summed E-state index contributed by atoms with van der Waals surface area (Å²) in [5, 5.41) is 3.54. The second kappa shape index (κ2) is 4.73. The summed E-state index contributed by atoms with van der Waals surface area (Å²) in [7, 11) is 3.65. The number of esters is 1. The van der Waals surface area contributed by atoms with Crippen LogP contribution in [0.15, 0.2) is 18.2 Å². The first-order chi connectivity index (χ1) is 10.2. The highest BCUT2D eigenvalue weighted by atomic mass is 16.5. The minimum Gasteiger partial charge on any atom is -0.469 e. The van der Waals surface area contributed by atoms with Crippen LogP contribution in [0.2, 0.25) is 0 Å². The topological polar surface area (TPSA) is 41.6 Å². The molecule has 1 aromatic rings. The number of nitrogens with zero attached hydrogens (tertiary/aromatic N) is 1. The van der Waals surface area contributed by atoms with Crippen molar-refractivity contribution in [2.75, 3.05) is 32.6 Å². The third-order valence-electron chi connectivity index (χ3n) is 5.62. The summed E-state index contributed by atoms with van der Waals surface area (Å²) in [4.78, 5) is 14.4. The van der Waals surface area contributed by atoms with Gasteiger partial charge in [-0.25, -0.2) is 0 Å². The van der Waals surface area contributed by atoms with E-state index < -0.39 is 0 Å². The van der Waals surface area contributed by atoms with E-state index in [1.165, 1.54) is 30.3 Å². The highest BCUT2D eigenvalue weighted by molar-refractivity contribution is 5.73. The van der Waals surface area contributed by atoms with E-state index in [0.29, 0.717) is 17.9 Å². The molecule has 4 atom stereocenters. The molecule has 0 spiro atoms. The van der Waals surface area contributed by atoms with Gasteiger partial charge in [-0.05, 0) is 37.1 Å². The summed E-state index contributed by atoms with van der Waals surface area (Å²) in [6, 6.07) is 7.15. The summed E-state index contributed by atoms with van der Waals surface area (Å²) < 4.78 is 4.98. The fourth-order valence-electron chi connectivity index (χ4n) is 4.69. The van der Waals surface area contributed by atoms with Crippen LogP contribution in [0, 0.1) is 5.92 Å². The van der Waals surface area contributed by atoms with Crippen molar-refractivity contribution in [1.82, 2.24) is 4.90 Å². The summed E-state index contributed by atoms with van der Waals surface area (Å²) >= 11 is 0. The van der Waals surface area contributed by atoms with Crippen molar-refractivity contribution < 1.29 is 9.53 Å². The van der Waals surface area contributed by atoms with Crippen molar-refractivity contribution in [3.05, 3.63) is 29.3 Å². The van der Waals surface area contributed by atoms with Gasteiger partial charge in [-0.1, -0.05) is 12.1 Å². The molecule has 0 bridgehead atoms. The first-order valence-corrected chi connectivity index (χ1v) is 7.83. The van der Waals surface area contributed by atoms with Gasteiger partial charge in [-0.15, -0.1) is 0 Å². The van der Waals surface area contributed by atoms with E-state index >= 15 is 0 Å². The SMILES string of the molecule is COC(=O)C1C[C@@H]2c3cccc4c3C(CN4)C[C@H]2N(C)C1. The molecule has 2 aliphatic heterocycles. The Bertz CT molecular complexity index is 586. The zero-order valence-corrected chi connectivity index (χ0v) is 12.6. The number of nitrogens with one attached hydrogen (secondary N) is 1. The number of benzene rings is 1. The van der Waals surface area contributed by atoms with Gasteiger partial charge in [0, 0.05) is 36.7 Å². The summed E-state index contributed by atoms with van der Waals surface area (Å²) in [5.41, 5.74) is 4.27. The first-order valence-electron chi connectivity index (χ1n) is 7.83. The highest BCUT2D eigenvalue weighted by Gasteiger charge is 2.45. The molecule has 2 heterocycles. The quantitative estimate of drug-likeness (QED) is 0.804. The number of methoxy groups -OCH3 is 1. The van der Waals surface area contributed by atoms with Crippen molar-refractivity contribution in [3.8, 4) is 0 Å². The van der Waals surface area contributed by atoms with Crippen molar-refractivity contribution in [2.24, 2.45) is 5.92 Å². The van der Waals surface area contributed by atoms with E-state index in [9.17, 15) is 4.79 Å². The Morgan fingerprint density at radius 2 is 2.24 bits per heavy atom. The Kier molecular flexibility index (Phi) is 2.96. The molecule has 112 valence electrons. The van der Waals surface area contributed by atoms with Crippen molar-refractivity contribution in [1.29, 1.82) is 0 Å². The first kappa shape index (κ1) is 13.1. The number of anilines is 1. The zero-order chi connectivity index (χ0) is 14.6. The monoisotopic (exact) mass is 286 g/mol. The molecule has 4 nitrogen and oxygen atoms in total. The molecular weight excluding hydrogens is 264 g/mol. The molecule has 2 unspecified atom stereocenters. The summed E-state index contributed by atoms with van der Waals surface area (Å²) in [5.74, 6) is 1.03. The Labute approximate surface area is 125 Å². The number of likely N-dealkylation sites (tertiary alicyclic amines) is 1. The number of rotatable bonds is 1. The molecule has 0 saturated carbocycles. The number of carbonyl (C=O) groups is 1. The van der Waals surface area contributed by atoms with Gasteiger partial charge in [0.15, 0.2) is 0 Å². The average molecular weight is 286 g/mol. The molecular formula is C17H22N2O2. The lowest BCUT2D eigenvalue weighted by atomic mass is 9.68. The van der Waals surface area contributed by atoms with Crippen LogP contribution < -0.4 is 5.32 Å². The van der Waals surface area contributed by atoms with Crippen molar-refractivity contribution in [2.45, 2.75) is 30.7 Å². The Hall–Kier alpha value is -1.55. The molecule has 1 N–H and O–H groups in total. The van der Waals surface area contributed by atoms with Crippen LogP contribution in [0.3, 0.4) is 0 Å². The maximum atomic E-state index is 12.0. The number of hydrogen-bond donors (Lipinski definition) is 1. The minimum atomic E-state index is -0.0619. The van der Waals surface area contributed by atoms with E-state index in [-0.39, 0.29) is 11.9 Å². The van der Waals surface area contributed by atoms with Crippen LogP contribution in [-0.2, 0) is 9.53 Å². The Morgan fingerprint density at radius 1 is 1.38 bits per heavy atom. The van der Waals surface area contributed by atoms with Gasteiger partial charge in [0.1, 0.15) is 0 Å². The predicted octanol–water partition coefficient (Wildman–Crippen LogP) is 2.18. The fraction of sp³-hybridized carbons (Fsp3) is 0.588. The van der Waals surface area contributed by atoms with Gasteiger partial charge in [0.2, 0.25) is 0 Å². The standard InChI is InChI=1S/C17H22N2O2/c1-19-9-11(17(20)21-2)6-13-12-4-3-5-14-16(12)10(8-18-14)7-15(13)19/h3-5,10-11,13,15,18H,6-9H2,1-2H3/t10?,11?,13-,15-/m1/s1. The maximum absolute atomic E-state index is 12.0. The third-order valence-corrected chi connectivity index (χ3v) is 5.62. The van der Waals surface area contributed by atoms with Crippen LogP contribution >= 0.6 is 0 Å². The van der Waals surface area contributed by atoms with Crippen LogP contribution in [0.4, 0.5) is 5.69 Å². The van der Waals surface area contributed by atoms with E-state index in [1.54, 1.807) is 0 Å². The molecule has 1 saturated heterocycles. The van der Waals surface area contributed by atoms with E-state index in [2.05, 4.69) is 35.5 Å². The molecule has 4 rings (SSSR count). The Balaban J connectivity index is 1.73. The second-order valence-corrected chi connectivity index (χ2v) is 6.69. The molecule has 0 amide bonds. The molecule has 0 radical (unpaired) electrons. The van der Waals surface area contributed by atoms with Gasteiger partial charge in [0.05, 0.1) is 13.0 Å². The largest absolute Gasteiger partial charge is 0.469 e. The summed E-state index contributed by atoms with van der Waals surface area (Å²) in [6.45, 7) is 1.88. The van der Waals surface area contributed by atoms with Gasteiger partial charge in [-0.2, -0.15) is 0 Å². The summed E-state index contributed by atoms with van der Waals surface area (Å²) in [6.07, 6.45) is 2.12. The van der Waals surface area contributed by atoms with E-state index in [4.69, 9.17) is 4.74 Å². The molecule has 1 aromatic carbocycles. The van der Waals surface area contributed by atoms with Gasteiger partial charge >= 0.3 is 5.97 Å². The van der Waals surface area contributed by atoms with E-state index in [1.807, 2.05) is 0 Å². The van der Waals surface area contributed by atoms with Gasteiger partial charge < -0.3 is 15.0 Å². The fourth-order valence-corrected chi connectivity index (χ4v) is 4.69. The van der Waals surface area contributed by atoms with Gasteiger partial charge in [0.25, 0.3) is 0 Å². The van der Waals surface area contributed by atoms with Crippen LogP contribution in [0.5, 0.6) is 0 Å². The highest BCUT2D eigenvalue weighted by Crippen LogP contribution is 2.50. The Morgan fingerprint density at radius 3 is 3.05 bits per heavy atom. The number of piperidine rings is 1. The lowest BCUT2D eigenvalue weighted by molar-refractivity contribution is -0.148. The molecule has 3 aliphatic rings. The normalized spacial score (nSPS) is 33.8. The predicted molar refractivity (Wildman–Crippen MR) is 81.6 cm³/mol. The molecule has 1 aliphatic carbocycles. The van der Waals surface area contributed by atoms with Gasteiger partial charge in [-0.3, -0.25) is 4.79 Å². The number of fused-ring (bicyclic) bond motifs is 2. The number of likely N-dealkylation sites (N-methyl/N-ethyl adjacent to an activating group) is 1. The molecule has 4 heteroatoms. The molecule has 0 aromatic heterocycles. The smallest absolute Gasteiger partial charge is 0.309 e. The molecule has 21 heavy (non-hydrogen) atoms. The van der Waals surface area contributed by atoms with Crippen LogP contribution in [0.1, 0.15) is 35.8 Å². The van der Waals surface area contributed by atoms with E-state index in [0.717, 1.165) is 19.5 Å². The second-order valence-electron chi connectivity index (χ2n) is 6.69. The van der Waals surface area contributed by atoms with Crippen molar-refractivity contribution >= 4 is 11.7 Å². The molecule has 1 fully saturated rings. The minimum absolute atomic E-state index is 0.00279. The number of hydrogen-bond acceptors (Lipinski definition) is 4. The van der Waals surface area contributed by atoms with Crippen molar-refractivity contribution in [3.63, 3.8) is 0 Å².